The quantitative estimate of drug-likeness (QED) is 0.209. The Morgan fingerprint density at radius 1 is 0.556 bits per heavy atom. The number of aryl methyl sites for hydroxylation is 1. The molecule has 5 aromatic carbocycles. The normalized spacial score (nSPS) is 13.1. The average molecular weight is 578 g/mol. The van der Waals surface area contributed by atoms with Gasteiger partial charge in [-0.1, -0.05) is 66.7 Å². The molecule has 4 aromatic heterocycles. The van der Waals surface area contributed by atoms with Gasteiger partial charge in [0.2, 0.25) is 0 Å². The van der Waals surface area contributed by atoms with Crippen molar-refractivity contribution in [1.82, 2.24) is 14.1 Å². The molecule has 0 spiro atoms. The van der Waals surface area contributed by atoms with E-state index in [1.165, 1.54) is 44.0 Å². The summed E-state index contributed by atoms with van der Waals surface area (Å²) < 4.78 is 11.0. The highest BCUT2D eigenvalue weighted by molar-refractivity contribution is 6.11. The predicted molar refractivity (Wildman–Crippen MR) is 185 cm³/mol. The van der Waals surface area contributed by atoms with Crippen LogP contribution in [0.3, 0.4) is 0 Å². The number of aromatic nitrogens is 3. The lowest BCUT2D eigenvalue weighted by atomic mass is 10.0. The van der Waals surface area contributed by atoms with Gasteiger partial charge in [-0.15, -0.1) is 0 Å². The van der Waals surface area contributed by atoms with E-state index in [-0.39, 0.29) is 0 Å². The Hall–Kier alpha value is -5.87. The Labute approximate surface area is 259 Å². The lowest BCUT2D eigenvalue weighted by Crippen LogP contribution is -2.03. The summed E-state index contributed by atoms with van der Waals surface area (Å²) in [6, 6.07) is 45.2. The molecule has 0 N–H and O–H groups in total. The molecule has 4 nitrogen and oxygen atoms in total. The summed E-state index contributed by atoms with van der Waals surface area (Å²) in [6.45, 7) is 0. The molecule has 0 atom stereocenters. The topological polar surface area (TPSA) is 35.9 Å². The zero-order valence-corrected chi connectivity index (χ0v) is 24.4. The van der Waals surface area contributed by atoms with Crippen LogP contribution in [-0.4, -0.2) is 14.1 Å². The minimum absolute atomic E-state index is 0.875. The summed E-state index contributed by atoms with van der Waals surface area (Å²) in [7, 11) is 0. The van der Waals surface area contributed by atoms with Gasteiger partial charge in [-0.25, -0.2) is 4.98 Å². The van der Waals surface area contributed by atoms with Crippen LogP contribution >= 0.6 is 0 Å². The highest BCUT2D eigenvalue weighted by atomic mass is 16.3. The van der Waals surface area contributed by atoms with Crippen LogP contribution in [0.25, 0.3) is 83.5 Å². The third-order valence-electron chi connectivity index (χ3n) is 9.41. The van der Waals surface area contributed by atoms with Crippen LogP contribution in [0.2, 0.25) is 0 Å². The Kier molecular flexibility index (Phi) is 5.08. The molecule has 1 aliphatic carbocycles. The van der Waals surface area contributed by atoms with Crippen molar-refractivity contribution in [2.24, 2.45) is 0 Å². The van der Waals surface area contributed by atoms with Crippen molar-refractivity contribution in [2.75, 3.05) is 0 Å². The third-order valence-corrected chi connectivity index (χ3v) is 9.41. The SMILES string of the molecule is C1=Cc2c(c3ccccc3n2-c2cccc(-c3ccc4oc5ccc(-n6c7ccccc7c7ccccc76)cc5c4c3)n2)CC1. The molecule has 45 heavy (non-hydrogen) atoms. The lowest BCUT2D eigenvalue weighted by Gasteiger charge is -2.12. The Bertz CT molecular complexity index is 2610. The molecule has 0 unspecified atom stereocenters. The molecule has 1 aliphatic rings. The van der Waals surface area contributed by atoms with Gasteiger partial charge in [-0.2, -0.15) is 0 Å². The van der Waals surface area contributed by atoms with Crippen molar-refractivity contribution < 1.29 is 4.42 Å². The average Bonchev–Trinajstić information content (AvgIpc) is 3.75. The Morgan fingerprint density at radius 2 is 1.22 bits per heavy atom. The monoisotopic (exact) mass is 577 g/mol. The zero-order chi connectivity index (χ0) is 29.5. The summed E-state index contributed by atoms with van der Waals surface area (Å²) in [5.74, 6) is 0.933. The molecule has 212 valence electrons. The Balaban J connectivity index is 1.14. The molecule has 0 saturated carbocycles. The van der Waals surface area contributed by atoms with E-state index in [4.69, 9.17) is 9.40 Å². The Morgan fingerprint density at radius 3 is 2.00 bits per heavy atom. The fraction of sp³-hybridized carbons (Fsp3) is 0.0488. The number of allylic oxidation sites excluding steroid dienone is 1. The zero-order valence-electron chi connectivity index (χ0n) is 24.4. The smallest absolute Gasteiger partial charge is 0.138 e. The van der Waals surface area contributed by atoms with Crippen molar-refractivity contribution in [3.05, 3.63) is 145 Å². The predicted octanol–water partition coefficient (Wildman–Crippen LogP) is 10.6. The van der Waals surface area contributed by atoms with Gasteiger partial charge in [0.25, 0.3) is 0 Å². The standard InChI is InChI=1S/C41H27N3O/c1-5-15-35-28(10-1)29-11-2-6-16-36(29)43(35)27-21-23-40-33(25-27)32-24-26(20-22-39(32)45-40)34-14-9-19-41(42-34)44-37-17-7-3-12-30(37)31-13-4-8-18-38(31)44/h1-3,5-12,14-25H,4,13H2. The van der Waals surface area contributed by atoms with Gasteiger partial charge in [0.05, 0.1) is 27.9 Å². The van der Waals surface area contributed by atoms with Crippen molar-refractivity contribution in [1.29, 1.82) is 0 Å². The van der Waals surface area contributed by atoms with E-state index < -0.39 is 0 Å². The first-order chi connectivity index (χ1) is 22.3. The molecule has 0 amide bonds. The summed E-state index contributed by atoms with van der Waals surface area (Å²) >= 11 is 0. The van der Waals surface area contributed by atoms with Gasteiger partial charge in [-0.3, -0.25) is 4.57 Å². The number of hydrogen-bond donors (Lipinski definition) is 0. The van der Waals surface area contributed by atoms with E-state index in [1.54, 1.807) is 0 Å². The van der Waals surface area contributed by atoms with Crippen LogP contribution in [0.4, 0.5) is 0 Å². The summed E-state index contributed by atoms with van der Waals surface area (Å²) in [4.78, 5) is 5.24. The van der Waals surface area contributed by atoms with Crippen LogP contribution in [0.5, 0.6) is 0 Å². The second-order valence-corrected chi connectivity index (χ2v) is 11.9. The minimum Gasteiger partial charge on any atom is -0.456 e. The van der Waals surface area contributed by atoms with Crippen LogP contribution in [0.15, 0.2) is 138 Å². The molecule has 0 aliphatic heterocycles. The molecule has 0 fully saturated rings. The van der Waals surface area contributed by atoms with Crippen molar-refractivity contribution in [3.63, 3.8) is 0 Å². The van der Waals surface area contributed by atoms with Crippen LogP contribution in [0, 0.1) is 0 Å². The molecule has 9 aromatic rings. The van der Waals surface area contributed by atoms with Crippen molar-refractivity contribution in [3.8, 4) is 22.8 Å². The fourth-order valence-electron chi connectivity index (χ4n) is 7.41. The maximum absolute atomic E-state index is 6.34. The number of hydrogen-bond acceptors (Lipinski definition) is 2. The van der Waals surface area contributed by atoms with Gasteiger partial charge < -0.3 is 8.98 Å². The van der Waals surface area contributed by atoms with E-state index in [1.807, 2.05) is 0 Å². The first kappa shape index (κ1) is 24.6. The summed E-state index contributed by atoms with van der Waals surface area (Å²) in [6.07, 6.45) is 6.66. The summed E-state index contributed by atoms with van der Waals surface area (Å²) in [5, 5.41) is 6.01. The van der Waals surface area contributed by atoms with Crippen LogP contribution in [-0.2, 0) is 6.42 Å². The number of benzene rings is 5. The van der Waals surface area contributed by atoms with Crippen LogP contribution in [0.1, 0.15) is 17.7 Å². The molecular formula is C41H27N3O. The molecule has 0 radical (unpaired) electrons. The van der Waals surface area contributed by atoms with Crippen molar-refractivity contribution in [2.45, 2.75) is 12.8 Å². The first-order valence-electron chi connectivity index (χ1n) is 15.5. The number of para-hydroxylation sites is 3. The highest BCUT2D eigenvalue weighted by Crippen LogP contribution is 2.38. The van der Waals surface area contributed by atoms with Gasteiger partial charge in [0, 0.05) is 38.2 Å². The van der Waals surface area contributed by atoms with Gasteiger partial charge in [-0.05, 0) is 91.2 Å². The minimum atomic E-state index is 0.875. The van der Waals surface area contributed by atoms with Gasteiger partial charge in [0.15, 0.2) is 0 Å². The number of pyridine rings is 1. The maximum Gasteiger partial charge on any atom is 0.138 e. The summed E-state index contributed by atoms with van der Waals surface area (Å²) in [5.41, 5.74) is 11.1. The fourth-order valence-corrected chi connectivity index (χ4v) is 7.41. The molecular weight excluding hydrogens is 550 g/mol. The number of rotatable bonds is 3. The molecule has 0 saturated heterocycles. The van der Waals surface area contributed by atoms with E-state index in [9.17, 15) is 0 Å². The van der Waals surface area contributed by atoms with E-state index in [0.717, 1.165) is 57.5 Å². The van der Waals surface area contributed by atoms with E-state index in [0.29, 0.717) is 0 Å². The third kappa shape index (κ3) is 3.57. The number of nitrogens with zero attached hydrogens (tertiary/aromatic N) is 3. The number of furan rings is 1. The second-order valence-electron chi connectivity index (χ2n) is 11.9. The maximum atomic E-state index is 6.34. The first-order valence-corrected chi connectivity index (χ1v) is 15.5. The lowest BCUT2D eigenvalue weighted by molar-refractivity contribution is 0.669. The van der Waals surface area contributed by atoms with Crippen LogP contribution < -0.4 is 0 Å². The highest BCUT2D eigenvalue weighted by Gasteiger charge is 2.19. The molecule has 4 heteroatoms. The van der Waals surface area contributed by atoms with Gasteiger partial charge >= 0.3 is 0 Å². The van der Waals surface area contributed by atoms with Crippen molar-refractivity contribution >= 4 is 60.7 Å². The van der Waals surface area contributed by atoms with Gasteiger partial charge in [0.1, 0.15) is 17.0 Å². The van der Waals surface area contributed by atoms with E-state index in [2.05, 4.69) is 149 Å². The molecule has 0 bridgehead atoms. The second kappa shape index (κ2) is 9.31. The van der Waals surface area contributed by atoms with E-state index >= 15 is 0 Å². The molecule has 4 heterocycles. The molecule has 10 rings (SSSR count). The largest absolute Gasteiger partial charge is 0.456 e. The number of fused-ring (bicyclic) bond motifs is 9.